The van der Waals surface area contributed by atoms with Crippen LogP contribution >= 0.6 is 0 Å². The number of rotatable bonds is 58. The van der Waals surface area contributed by atoms with Crippen LogP contribution in [-0.2, 0) is 23.7 Å². The fourth-order valence-electron chi connectivity index (χ4n) is 11.4. The molecule has 0 saturated carbocycles. The Labute approximate surface area is 535 Å². The molecule has 2 heterocycles. The van der Waals surface area contributed by atoms with E-state index < -0.39 is 86.8 Å². The lowest BCUT2D eigenvalue weighted by Gasteiger charge is -2.46. The van der Waals surface area contributed by atoms with Crippen LogP contribution in [0.25, 0.3) is 0 Å². The summed E-state index contributed by atoms with van der Waals surface area (Å²) in [7, 11) is 0. The van der Waals surface area contributed by atoms with E-state index in [1.165, 1.54) is 180 Å². The lowest BCUT2D eigenvalue weighted by Crippen LogP contribution is -2.65. The van der Waals surface area contributed by atoms with Crippen molar-refractivity contribution < 1.29 is 64.6 Å². The average Bonchev–Trinajstić information content (AvgIpc) is 2.07. The molecule has 14 nitrogen and oxygen atoms in total. The van der Waals surface area contributed by atoms with Gasteiger partial charge in [0.05, 0.1) is 32.0 Å². The number of nitrogens with one attached hydrogen (secondary N) is 1. The number of hydrogen-bond acceptors (Lipinski definition) is 13. The van der Waals surface area contributed by atoms with E-state index >= 15 is 0 Å². The van der Waals surface area contributed by atoms with Gasteiger partial charge in [0, 0.05) is 6.42 Å². The number of hydrogen-bond donors (Lipinski definition) is 9. The van der Waals surface area contributed by atoms with Crippen molar-refractivity contribution in [1.82, 2.24) is 5.32 Å². The van der Waals surface area contributed by atoms with Gasteiger partial charge in [-0.1, -0.05) is 279 Å². The molecule has 0 aromatic heterocycles. The van der Waals surface area contributed by atoms with Crippen molar-refractivity contribution in [1.29, 1.82) is 0 Å². The first-order valence-electron chi connectivity index (χ1n) is 35.8. The summed E-state index contributed by atoms with van der Waals surface area (Å²) in [6.07, 6.45) is 63.7. The fourth-order valence-corrected chi connectivity index (χ4v) is 11.4. The van der Waals surface area contributed by atoms with Gasteiger partial charge in [-0.25, -0.2) is 0 Å². The molecular weight excluding hydrogens is 1110 g/mol. The van der Waals surface area contributed by atoms with E-state index in [1.807, 2.05) is 6.08 Å². The van der Waals surface area contributed by atoms with Crippen LogP contribution in [0.3, 0.4) is 0 Å². The number of aliphatic hydroxyl groups is 8. The molecule has 14 heteroatoms. The lowest BCUT2D eigenvalue weighted by molar-refractivity contribution is -0.359. The highest BCUT2D eigenvalue weighted by Gasteiger charge is 2.51. The van der Waals surface area contributed by atoms with Crippen LogP contribution < -0.4 is 5.32 Å². The maximum atomic E-state index is 13.3. The van der Waals surface area contributed by atoms with E-state index in [0.717, 1.165) is 70.6 Å². The Bertz CT molecular complexity index is 1800. The zero-order valence-electron chi connectivity index (χ0n) is 55.4. The summed E-state index contributed by atoms with van der Waals surface area (Å²) in [6.45, 7) is 2.67. The second-order valence-electron chi connectivity index (χ2n) is 25.0. The molecule has 0 aromatic carbocycles. The highest BCUT2D eigenvalue weighted by atomic mass is 16.7. The average molecular weight is 1240 g/mol. The van der Waals surface area contributed by atoms with Crippen molar-refractivity contribution in [3.63, 3.8) is 0 Å². The number of carbonyl (C=O) groups excluding carboxylic acids is 1. The third kappa shape index (κ3) is 41.6. The smallest absolute Gasteiger partial charge is 0.220 e. The van der Waals surface area contributed by atoms with Gasteiger partial charge >= 0.3 is 0 Å². The number of unbranched alkanes of at least 4 members (excludes halogenated alkanes) is 33. The summed E-state index contributed by atoms with van der Waals surface area (Å²) >= 11 is 0. The maximum Gasteiger partial charge on any atom is 0.220 e. The second kappa shape index (κ2) is 58.0. The number of aliphatic hydroxyl groups excluding tert-OH is 8. The molecule has 0 radical (unpaired) electrons. The summed E-state index contributed by atoms with van der Waals surface area (Å²) in [5.74, 6) is -0.251. The third-order valence-corrected chi connectivity index (χ3v) is 17.0. The van der Waals surface area contributed by atoms with Gasteiger partial charge in [-0.05, 0) is 83.5 Å². The molecule has 510 valence electrons. The van der Waals surface area contributed by atoms with Crippen LogP contribution in [-0.4, -0.2) is 140 Å². The minimum absolute atomic E-state index is 0.251. The Morgan fingerprint density at radius 2 is 0.795 bits per heavy atom. The van der Waals surface area contributed by atoms with Gasteiger partial charge < -0.3 is 65.1 Å². The van der Waals surface area contributed by atoms with Gasteiger partial charge in [0.25, 0.3) is 0 Å². The Morgan fingerprint density at radius 1 is 0.420 bits per heavy atom. The number of amides is 1. The summed E-state index contributed by atoms with van der Waals surface area (Å²) in [4.78, 5) is 13.3. The van der Waals surface area contributed by atoms with Crippen LogP contribution in [0, 0.1) is 0 Å². The zero-order chi connectivity index (χ0) is 63.8. The third-order valence-electron chi connectivity index (χ3n) is 17.0. The molecule has 0 bridgehead atoms. The fraction of sp³-hybridized carbons (Fsp3) is 0.797. The van der Waals surface area contributed by atoms with Gasteiger partial charge in [-0.15, -0.1) is 0 Å². The minimum atomic E-state index is -1.79. The van der Waals surface area contributed by atoms with E-state index in [1.54, 1.807) is 6.08 Å². The quantitative estimate of drug-likeness (QED) is 0.0204. The monoisotopic (exact) mass is 1240 g/mol. The highest BCUT2D eigenvalue weighted by Crippen LogP contribution is 2.30. The van der Waals surface area contributed by atoms with E-state index in [9.17, 15) is 45.6 Å². The van der Waals surface area contributed by atoms with Crippen LogP contribution in [0.2, 0.25) is 0 Å². The van der Waals surface area contributed by atoms with Gasteiger partial charge in [0.15, 0.2) is 12.6 Å². The normalized spacial score (nSPS) is 23.7. The summed E-state index contributed by atoms with van der Waals surface area (Å²) in [5, 5.41) is 87.3. The Morgan fingerprint density at radius 3 is 1.25 bits per heavy atom. The summed E-state index contributed by atoms with van der Waals surface area (Å²) in [5.41, 5.74) is 0. The van der Waals surface area contributed by atoms with E-state index in [2.05, 4.69) is 92.1 Å². The summed E-state index contributed by atoms with van der Waals surface area (Å²) < 4.78 is 22.8. The SMILES string of the molecule is CC/C=C\C/C=C\C/C=C\C/C=C\CCCCCCCCCCCCCCCCCCCCCCCCCCC(=O)NC(COC1OC(CO)C(OC2OC(CO)C(O)C(O)C2O)C(O)C1O)C(O)/C=C/CC/C=C/CC/C=C/CCCCCCCCC. The van der Waals surface area contributed by atoms with Crippen molar-refractivity contribution in [3.05, 3.63) is 85.1 Å². The van der Waals surface area contributed by atoms with Gasteiger partial charge in [-0.3, -0.25) is 4.79 Å². The molecule has 12 unspecified atom stereocenters. The molecular formula is C74H131NO13. The largest absolute Gasteiger partial charge is 0.394 e. The zero-order valence-corrected chi connectivity index (χ0v) is 55.4. The van der Waals surface area contributed by atoms with Gasteiger partial charge in [-0.2, -0.15) is 0 Å². The molecule has 9 N–H and O–H groups in total. The molecule has 0 spiro atoms. The van der Waals surface area contributed by atoms with Crippen LogP contribution in [0.1, 0.15) is 284 Å². The first-order valence-corrected chi connectivity index (χ1v) is 35.8. The number of carbonyl (C=O) groups is 1. The molecule has 2 fully saturated rings. The lowest BCUT2D eigenvalue weighted by atomic mass is 9.97. The Kier molecular flexibility index (Phi) is 53.6. The molecule has 12 atom stereocenters. The summed E-state index contributed by atoms with van der Waals surface area (Å²) in [6, 6.07) is -0.940. The Hall–Kier alpha value is -2.83. The van der Waals surface area contributed by atoms with Gasteiger partial charge in [0.2, 0.25) is 5.91 Å². The number of ether oxygens (including phenoxy) is 4. The molecule has 88 heavy (non-hydrogen) atoms. The topological polar surface area (TPSA) is 228 Å². The van der Waals surface area contributed by atoms with Crippen molar-refractivity contribution in [2.24, 2.45) is 0 Å². The van der Waals surface area contributed by atoms with Gasteiger partial charge in [0.1, 0.15) is 48.8 Å². The molecule has 2 rings (SSSR count). The molecule has 0 aromatic rings. The van der Waals surface area contributed by atoms with Crippen molar-refractivity contribution in [3.8, 4) is 0 Å². The Balaban J connectivity index is 1.60. The maximum absolute atomic E-state index is 13.3. The highest BCUT2D eigenvalue weighted by molar-refractivity contribution is 5.76. The molecule has 2 aliphatic rings. The van der Waals surface area contributed by atoms with Crippen molar-refractivity contribution in [2.75, 3.05) is 19.8 Å². The van der Waals surface area contributed by atoms with Crippen LogP contribution in [0.15, 0.2) is 85.1 Å². The molecule has 2 aliphatic heterocycles. The van der Waals surface area contributed by atoms with Crippen molar-refractivity contribution >= 4 is 5.91 Å². The van der Waals surface area contributed by atoms with Crippen LogP contribution in [0.4, 0.5) is 0 Å². The van der Waals surface area contributed by atoms with Crippen LogP contribution in [0.5, 0.6) is 0 Å². The molecule has 1 amide bonds. The first kappa shape index (κ1) is 81.3. The second-order valence-corrected chi connectivity index (χ2v) is 25.0. The number of allylic oxidation sites excluding steroid dienone is 13. The standard InChI is InChI=1S/C74H131NO13/c1-3-5-7-9-11-13-15-17-19-21-22-23-24-25-26-27-28-29-30-31-32-33-34-35-36-37-38-39-40-42-44-46-48-50-52-54-56-58-66(79)75-62(63(78)57-55-53-51-49-47-45-43-41-20-18-16-14-12-10-8-6-4-2)61-85-73-71(84)69(82)72(65(60-77)87-73)88-74-70(83)68(81)67(80)64(59-76)86-74/h5,7,11,13,17,19-20,22-23,41,47,49,55,57,62-65,67-74,76-78,80-84H,3-4,6,8-10,12,14-16,18,21,24-40,42-46,48,50-54,56,58-61H2,1-2H3,(H,75,79)/b7-5-,13-11-,19-17-,23-22-,41-20+,49-47+,57-55+. The first-order chi connectivity index (χ1) is 43.1. The van der Waals surface area contributed by atoms with E-state index in [4.69, 9.17) is 18.9 Å². The van der Waals surface area contributed by atoms with E-state index in [0.29, 0.717) is 12.8 Å². The minimum Gasteiger partial charge on any atom is -0.394 e. The predicted octanol–water partition coefficient (Wildman–Crippen LogP) is 14.8. The van der Waals surface area contributed by atoms with E-state index in [-0.39, 0.29) is 18.9 Å². The van der Waals surface area contributed by atoms with Crippen molar-refractivity contribution in [2.45, 2.75) is 357 Å². The predicted molar refractivity (Wildman–Crippen MR) is 360 cm³/mol. The molecule has 2 saturated heterocycles. The molecule has 0 aliphatic carbocycles.